The fraction of sp³-hybridized carbons (Fsp3) is 0.417. The van der Waals surface area contributed by atoms with Crippen LogP contribution in [-0.4, -0.2) is 23.1 Å². The average Bonchev–Trinajstić information content (AvgIpc) is 2.61. The minimum absolute atomic E-state index is 0.00865. The first kappa shape index (κ1) is 11.0. The van der Waals surface area contributed by atoms with E-state index in [2.05, 4.69) is 10.3 Å². The topological polar surface area (TPSA) is 49.8 Å². The van der Waals surface area contributed by atoms with E-state index < -0.39 is 0 Å². The number of para-hydroxylation sites is 2. The lowest BCUT2D eigenvalue weighted by Crippen LogP contribution is -2.17. The van der Waals surface area contributed by atoms with E-state index in [-0.39, 0.29) is 5.69 Å². The van der Waals surface area contributed by atoms with Crippen molar-refractivity contribution in [2.75, 3.05) is 13.6 Å². The summed E-state index contributed by atoms with van der Waals surface area (Å²) in [5.41, 5.74) is 1.91. The lowest BCUT2D eigenvalue weighted by Gasteiger charge is -2.02. The van der Waals surface area contributed by atoms with Crippen LogP contribution in [0.3, 0.4) is 0 Å². The Morgan fingerprint density at radius 2 is 2.12 bits per heavy atom. The average molecular weight is 219 g/mol. The van der Waals surface area contributed by atoms with Gasteiger partial charge in [-0.2, -0.15) is 0 Å². The second kappa shape index (κ2) is 4.99. The summed E-state index contributed by atoms with van der Waals surface area (Å²) in [4.78, 5) is 14.6. The van der Waals surface area contributed by atoms with Crippen LogP contribution < -0.4 is 11.0 Å². The van der Waals surface area contributed by atoms with Crippen LogP contribution in [0.15, 0.2) is 29.1 Å². The highest BCUT2D eigenvalue weighted by Crippen LogP contribution is 2.09. The maximum atomic E-state index is 11.7. The Morgan fingerprint density at radius 3 is 2.94 bits per heavy atom. The van der Waals surface area contributed by atoms with Gasteiger partial charge in [0, 0.05) is 6.54 Å². The molecular formula is C12H17N3O. The molecule has 4 nitrogen and oxygen atoms in total. The molecule has 1 aromatic heterocycles. The van der Waals surface area contributed by atoms with Gasteiger partial charge in [0.05, 0.1) is 11.0 Å². The minimum atomic E-state index is -0.00865. The standard InChI is InChI=1S/C12H17N3O/c1-13-8-4-5-9-15-11-7-3-2-6-10(11)14-12(15)16/h2-3,6-7,13H,4-5,8-9H2,1H3,(H,14,16). The molecule has 2 aromatic rings. The molecule has 0 aliphatic carbocycles. The van der Waals surface area contributed by atoms with Crippen molar-refractivity contribution in [1.29, 1.82) is 0 Å². The molecule has 16 heavy (non-hydrogen) atoms. The highest BCUT2D eigenvalue weighted by Gasteiger charge is 2.04. The van der Waals surface area contributed by atoms with Gasteiger partial charge in [0.15, 0.2) is 0 Å². The largest absolute Gasteiger partial charge is 0.326 e. The quantitative estimate of drug-likeness (QED) is 0.745. The number of hydrogen-bond acceptors (Lipinski definition) is 2. The predicted octanol–water partition coefficient (Wildman–Crippen LogP) is 1.33. The maximum Gasteiger partial charge on any atom is 0.326 e. The van der Waals surface area contributed by atoms with Crippen molar-refractivity contribution in [3.05, 3.63) is 34.7 Å². The fourth-order valence-electron chi connectivity index (χ4n) is 1.90. The molecule has 0 atom stereocenters. The molecule has 4 heteroatoms. The highest BCUT2D eigenvalue weighted by atomic mass is 16.1. The van der Waals surface area contributed by atoms with E-state index >= 15 is 0 Å². The lowest BCUT2D eigenvalue weighted by atomic mass is 10.3. The van der Waals surface area contributed by atoms with Gasteiger partial charge < -0.3 is 10.3 Å². The van der Waals surface area contributed by atoms with Gasteiger partial charge in [-0.15, -0.1) is 0 Å². The molecule has 2 rings (SSSR count). The number of nitrogens with zero attached hydrogens (tertiary/aromatic N) is 1. The van der Waals surface area contributed by atoms with Gasteiger partial charge in [0.1, 0.15) is 0 Å². The zero-order chi connectivity index (χ0) is 11.4. The van der Waals surface area contributed by atoms with Crippen LogP contribution >= 0.6 is 0 Å². The van der Waals surface area contributed by atoms with Crippen LogP contribution in [-0.2, 0) is 6.54 Å². The van der Waals surface area contributed by atoms with E-state index in [9.17, 15) is 4.79 Å². The van der Waals surface area contributed by atoms with Crippen LogP contribution in [0, 0.1) is 0 Å². The Bertz CT molecular complexity index is 512. The Balaban J connectivity index is 2.16. The van der Waals surface area contributed by atoms with Crippen LogP contribution in [0.1, 0.15) is 12.8 Å². The van der Waals surface area contributed by atoms with Gasteiger partial charge in [-0.05, 0) is 38.6 Å². The van der Waals surface area contributed by atoms with E-state index in [0.717, 1.165) is 37.0 Å². The first-order chi connectivity index (χ1) is 7.83. The van der Waals surface area contributed by atoms with Gasteiger partial charge in [-0.3, -0.25) is 4.57 Å². The zero-order valence-corrected chi connectivity index (χ0v) is 9.49. The molecule has 0 saturated heterocycles. The van der Waals surface area contributed by atoms with Crippen molar-refractivity contribution in [3.63, 3.8) is 0 Å². The smallest absolute Gasteiger partial charge is 0.320 e. The number of hydrogen-bond donors (Lipinski definition) is 2. The summed E-state index contributed by atoms with van der Waals surface area (Å²) in [6, 6.07) is 7.80. The Kier molecular flexibility index (Phi) is 3.41. The van der Waals surface area contributed by atoms with E-state index in [0.29, 0.717) is 0 Å². The lowest BCUT2D eigenvalue weighted by molar-refractivity contribution is 0.590. The number of unbranched alkanes of at least 4 members (excludes halogenated alkanes) is 1. The molecule has 0 saturated carbocycles. The number of benzene rings is 1. The third-order valence-corrected chi connectivity index (χ3v) is 2.74. The minimum Gasteiger partial charge on any atom is -0.320 e. The zero-order valence-electron chi connectivity index (χ0n) is 9.49. The summed E-state index contributed by atoms with van der Waals surface area (Å²) in [6.07, 6.45) is 2.10. The summed E-state index contributed by atoms with van der Waals surface area (Å²) in [7, 11) is 1.94. The molecule has 0 radical (unpaired) electrons. The Morgan fingerprint density at radius 1 is 1.31 bits per heavy atom. The second-order valence-corrected chi connectivity index (χ2v) is 3.91. The molecule has 0 aliphatic rings. The van der Waals surface area contributed by atoms with Crippen LogP contribution in [0.25, 0.3) is 11.0 Å². The fourth-order valence-corrected chi connectivity index (χ4v) is 1.90. The first-order valence-electron chi connectivity index (χ1n) is 5.65. The first-order valence-corrected chi connectivity index (χ1v) is 5.65. The van der Waals surface area contributed by atoms with Gasteiger partial charge in [0.2, 0.25) is 0 Å². The molecule has 0 bridgehead atoms. The van der Waals surface area contributed by atoms with Gasteiger partial charge in [-0.25, -0.2) is 4.79 Å². The van der Waals surface area contributed by atoms with Crippen molar-refractivity contribution < 1.29 is 0 Å². The van der Waals surface area contributed by atoms with Crippen molar-refractivity contribution in [2.45, 2.75) is 19.4 Å². The van der Waals surface area contributed by atoms with Crippen LogP contribution in [0.2, 0.25) is 0 Å². The third-order valence-electron chi connectivity index (χ3n) is 2.74. The van der Waals surface area contributed by atoms with Gasteiger partial charge >= 0.3 is 5.69 Å². The normalized spacial score (nSPS) is 11.1. The predicted molar refractivity (Wildman–Crippen MR) is 65.7 cm³/mol. The maximum absolute atomic E-state index is 11.7. The number of nitrogens with one attached hydrogen (secondary N) is 2. The molecule has 1 aromatic carbocycles. The summed E-state index contributed by atoms with van der Waals surface area (Å²) in [5, 5.41) is 3.10. The molecule has 0 fully saturated rings. The number of aromatic amines is 1. The molecular weight excluding hydrogens is 202 g/mol. The van der Waals surface area contributed by atoms with Gasteiger partial charge in [0.25, 0.3) is 0 Å². The van der Waals surface area contributed by atoms with Gasteiger partial charge in [-0.1, -0.05) is 12.1 Å². The molecule has 1 heterocycles. The molecule has 0 unspecified atom stereocenters. The summed E-state index contributed by atoms with van der Waals surface area (Å²) >= 11 is 0. The monoisotopic (exact) mass is 219 g/mol. The number of imidazole rings is 1. The highest BCUT2D eigenvalue weighted by molar-refractivity contribution is 5.74. The van der Waals surface area contributed by atoms with Crippen molar-refractivity contribution in [3.8, 4) is 0 Å². The molecule has 86 valence electrons. The number of H-pyrrole nitrogens is 1. The van der Waals surface area contributed by atoms with Crippen LogP contribution in [0.4, 0.5) is 0 Å². The van der Waals surface area contributed by atoms with Crippen molar-refractivity contribution in [2.24, 2.45) is 0 Å². The molecule has 0 aliphatic heterocycles. The Labute approximate surface area is 94.3 Å². The number of aryl methyl sites for hydroxylation is 1. The molecule has 0 spiro atoms. The third kappa shape index (κ3) is 2.17. The molecule has 0 amide bonds. The summed E-state index contributed by atoms with van der Waals surface area (Å²) < 4.78 is 1.81. The van der Waals surface area contributed by atoms with E-state index in [1.54, 1.807) is 0 Å². The van der Waals surface area contributed by atoms with Crippen molar-refractivity contribution >= 4 is 11.0 Å². The number of fused-ring (bicyclic) bond motifs is 1. The second-order valence-electron chi connectivity index (χ2n) is 3.91. The Hall–Kier alpha value is -1.55. The summed E-state index contributed by atoms with van der Waals surface area (Å²) in [6.45, 7) is 1.78. The van der Waals surface area contributed by atoms with E-state index in [4.69, 9.17) is 0 Å². The summed E-state index contributed by atoms with van der Waals surface area (Å²) in [5.74, 6) is 0. The molecule has 2 N–H and O–H groups in total. The van der Waals surface area contributed by atoms with E-state index in [1.807, 2.05) is 35.9 Å². The van der Waals surface area contributed by atoms with Crippen molar-refractivity contribution in [1.82, 2.24) is 14.9 Å². The van der Waals surface area contributed by atoms with Crippen LogP contribution in [0.5, 0.6) is 0 Å². The number of rotatable bonds is 5. The van der Waals surface area contributed by atoms with E-state index in [1.165, 1.54) is 0 Å². The number of aromatic nitrogens is 2. The SMILES string of the molecule is CNCCCCn1c(=O)[nH]c2ccccc21.